The number of thioether (sulfide) groups is 1. The summed E-state index contributed by atoms with van der Waals surface area (Å²) >= 11 is 1.97. The maximum absolute atomic E-state index is 4.71. The van der Waals surface area contributed by atoms with Crippen LogP contribution in [0.15, 0.2) is 4.99 Å². The molecule has 116 valence electrons. The van der Waals surface area contributed by atoms with Gasteiger partial charge in [0.25, 0.3) is 0 Å². The molecule has 1 fully saturated rings. The van der Waals surface area contributed by atoms with E-state index in [1.807, 2.05) is 11.8 Å². The maximum Gasteiger partial charge on any atom is 0.157 e. The van der Waals surface area contributed by atoms with Crippen LogP contribution in [0.3, 0.4) is 0 Å². The van der Waals surface area contributed by atoms with Gasteiger partial charge in [-0.15, -0.1) is 0 Å². The second kappa shape index (κ2) is 7.17. The zero-order valence-corrected chi connectivity index (χ0v) is 14.4. The molecule has 0 aliphatic carbocycles. The normalized spacial score (nSPS) is 25.8. The number of rotatable bonds is 4. The van der Waals surface area contributed by atoms with Gasteiger partial charge < -0.3 is 10.2 Å². The lowest BCUT2D eigenvalue weighted by molar-refractivity contribution is 0.207. The van der Waals surface area contributed by atoms with Gasteiger partial charge in [0.05, 0.1) is 6.54 Å². The number of likely N-dealkylation sites (tertiary alicyclic amines) is 1. The molecule has 0 saturated carbocycles. The van der Waals surface area contributed by atoms with E-state index in [9.17, 15) is 0 Å². The molecule has 4 heteroatoms. The fraction of sp³-hybridized carbons (Fsp3) is 0.938. The molecule has 0 spiro atoms. The van der Waals surface area contributed by atoms with Crippen molar-refractivity contribution in [2.24, 2.45) is 10.4 Å². The Morgan fingerprint density at radius 2 is 2.00 bits per heavy atom. The predicted octanol–water partition coefficient (Wildman–Crippen LogP) is 3.36. The predicted molar refractivity (Wildman–Crippen MR) is 90.6 cm³/mol. The highest BCUT2D eigenvalue weighted by atomic mass is 32.2. The molecule has 0 bridgehead atoms. The molecular weight excluding hydrogens is 266 g/mol. The standard InChI is InChI=1S/C16H31N3S/c1-5-8-19-9-6-13(7-10-19)18-15-17-12-14(20-15)11-16(2,3)4/h13-14H,5-12H2,1-4H3,(H,17,18). The van der Waals surface area contributed by atoms with Gasteiger partial charge in [0.2, 0.25) is 0 Å². The van der Waals surface area contributed by atoms with E-state index in [0.717, 1.165) is 6.54 Å². The molecule has 2 heterocycles. The van der Waals surface area contributed by atoms with Crippen LogP contribution >= 0.6 is 11.8 Å². The molecule has 1 N–H and O–H groups in total. The first-order valence-corrected chi connectivity index (χ1v) is 9.04. The second-order valence-electron chi connectivity index (χ2n) is 7.41. The van der Waals surface area contributed by atoms with Gasteiger partial charge in [-0.3, -0.25) is 4.99 Å². The van der Waals surface area contributed by atoms with Crippen molar-refractivity contribution in [3.8, 4) is 0 Å². The third kappa shape index (κ3) is 5.28. The zero-order chi connectivity index (χ0) is 14.6. The molecule has 1 atom stereocenters. The number of amidine groups is 1. The minimum Gasteiger partial charge on any atom is -0.362 e. The van der Waals surface area contributed by atoms with Crippen LogP contribution < -0.4 is 5.32 Å². The molecule has 0 aromatic rings. The van der Waals surface area contributed by atoms with Gasteiger partial charge in [0.15, 0.2) is 5.17 Å². The molecular formula is C16H31N3S. The fourth-order valence-corrected chi connectivity index (χ4v) is 4.51. The molecule has 3 nitrogen and oxygen atoms in total. The minimum absolute atomic E-state index is 0.411. The quantitative estimate of drug-likeness (QED) is 0.862. The molecule has 0 aromatic heterocycles. The lowest BCUT2D eigenvalue weighted by Gasteiger charge is -2.32. The zero-order valence-electron chi connectivity index (χ0n) is 13.6. The summed E-state index contributed by atoms with van der Waals surface area (Å²) in [5, 5.41) is 5.56. The molecule has 20 heavy (non-hydrogen) atoms. The third-order valence-electron chi connectivity index (χ3n) is 4.01. The van der Waals surface area contributed by atoms with Crippen molar-refractivity contribution in [1.29, 1.82) is 0 Å². The lowest BCUT2D eigenvalue weighted by Crippen LogP contribution is -2.44. The summed E-state index contributed by atoms with van der Waals surface area (Å²) in [4.78, 5) is 7.29. The third-order valence-corrected chi connectivity index (χ3v) is 5.13. The number of nitrogens with one attached hydrogen (secondary N) is 1. The largest absolute Gasteiger partial charge is 0.362 e. The van der Waals surface area contributed by atoms with Crippen molar-refractivity contribution in [3.05, 3.63) is 0 Å². The highest BCUT2D eigenvalue weighted by molar-refractivity contribution is 8.14. The molecule has 2 rings (SSSR count). The van der Waals surface area contributed by atoms with E-state index in [0.29, 0.717) is 16.7 Å². The Morgan fingerprint density at radius 3 is 2.60 bits per heavy atom. The van der Waals surface area contributed by atoms with E-state index in [1.54, 1.807) is 0 Å². The van der Waals surface area contributed by atoms with Crippen LogP contribution in [0.4, 0.5) is 0 Å². The van der Waals surface area contributed by atoms with E-state index < -0.39 is 0 Å². The van der Waals surface area contributed by atoms with Gasteiger partial charge in [-0.05, 0) is 37.6 Å². The topological polar surface area (TPSA) is 27.6 Å². The molecule has 0 aromatic carbocycles. The SMILES string of the molecule is CCCN1CCC(NC2=NCC(CC(C)(C)C)S2)CC1. The van der Waals surface area contributed by atoms with E-state index in [1.165, 1.54) is 50.5 Å². The highest BCUT2D eigenvalue weighted by Gasteiger charge is 2.27. The Kier molecular flexibility index (Phi) is 5.79. The first-order valence-electron chi connectivity index (χ1n) is 8.16. The second-order valence-corrected chi connectivity index (χ2v) is 8.70. The van der Waals surface area contributed by atoms with Crippen LogP contribution in [-0.2, 0) is 0 Å². The summed E-state index contributed by atoms with van der Waals surface area (Å²) in [6.45, 7) is 14.0. The Hall–Kier alpha value is -0.220. The summed E-state index contributed by atoms with van der Waals surface area (Å²) in [6.07, 6.45) is 5.06. The summed E-state index contributed by atoms with van der Waals surface area (Å²) in [7, 11) is 0. The number of aliphatic imine (C=N–C) groups is 1. The van der Waals surface area contributed by atoms with E-state index >= 15 is 0 Å². The van der Waals surface area contributed by atoms with Crippen LogP contribution in [0.2, 0.25) is 0 Å². The van der Waals surface area contributed by atoms with Gasteiger partial charge in [0, 0.05) is 24.4 Å². The summed E-state index contributed by atoms with van der Waals surface area (Å²) in [6, 6.07) is 0.641. The van der Waals surface area contributed by atoms with Crippen molar-refractivity contribution in [2.45, 2.75) is 64.7 Å². The van der Waals surface area contributed by atoms with Gasteiger partial charge in [-0.1, -0.05) is 39.5 Å². The monoisotopic (exact) mass is 297 g/mol. The van der Waals surface area contributed by atoms with Crippen LogP contribution in [0, 0.1) is 5.41 Å². The van der Waals surface area contributed by atoms with Crippen LogP contribution in [-0.4, -0.2) is 47.5 Å². The number of nitrogens with zero attached hydrogens (tertiary/aromatic N) is 2. The minimum atomic E-state index is 0.411. The van der Waals surface area contributed by atoms with Crippen molar-refractivity contribution >= 4 is 16.9 Å². The number of hydrogen-bond donors (Lipinski definition) is 1. The van der Waals surface area contributed by atoms with Gasteiger partial charge in [-0.2, -0.15) is 0 Å². The first kappa shape index (κ1) is 16.2. The summed E-state index contributed by atoms with van der Waals surface area (Å²) < 4.78 is 0. The Labute approximate surface area is 129 Å². The highest BCUT2D eigenvalue weighted by Crippen LogP contribution is 2.31. The van der Waals surface area contributed by atoms with Crippen molar-refractivity contribution in [1.82, 2.24) is 10.2 Å². The maximum atomic E-state index is 4.71. The van der Waals surface area contributed by atoms with Gasteiger partial charge in [0.1, 0.15) is 0 Å². The van der Waals surface area contributed by atoms with E-state index in [-0.39, 0.29) is 0 Å². The van der Waals surface area contributed by atoms with Crippen molar-refractivity contribution < 1.29 is 0 Å². The molecule has 2 aliphatic heterocycles. The molecule has 0 radical (unpaired) electrons. The first-order chi connectivity index (χ1) is 9.46. The van der Waals surface area contributed by atoms with Crippen LogP contribution in [0.25, 0.3) is 0 Å². The lowest BCUT2D eigenvalue weighted by atomic mass is 9.90. The smallest absolute Gasteiger partial charge is 0.157 e. The Balaban J connectivity index is 1.68. The van der Waals surface area contributed by atoms with Gasteiger partial charge in [-0.25, -0.2) is 0 Å². The Bertz CT molecular complexity index is 327. The Morgan fingerprint density at radius 1 is 1.30 bits per heavy atom. The molecule has 2 aliphatic rings. The van der Waals surface area contributed by atoms with Crippen LogP contribution in [0.5, 0.6) is 0 Å². The summed E-state index contributed by atoms with van der Waals surface area (Å²) in [5.74, 6) is 0. The molecule has 1 unspecified atom stereocenters. The van der Waals surface area contributed by atoms with Gasteiger partial charge >= 0.3 is 0 Å². The van der Waals surface area contributed by atoms with Crippen LogP contribution in [0.1, 0.15) is 53.4 Å². The summed E-state index contributed by atoms with van der Waals surface area (Å²) in [5.41, 5.74) is 0.411. The molecule has 0 amide bonds. The number of piperidine rings is 1. The average molecular weight is 298 g/mol. The van der Waals surface area contributed by atoms with Crippen molar-refractivity contribution in [2.75, 3.05) is 26.2 Å². The molecule has 1 saturated heterocycles. The fourth-order valence-electron chi connectivity index (χ4n) is 3.08. The van der Waals surface area contributed by atoms with Crippen molar-refractivity contribution in [3.63, 3.8) is 0 Å². The number of hydrogen-bond acceptors (Lipinski definition) is 4. The average Bonchev–Trinajstić information content (AvgIpc) is 2.77. The van der Waals surface area contributed by atoms with E-state index in [4.69, 9.17) is 4.99 Å². The van der Waals surface area contributed by atoms with E-state index in [2.05, 4.69) is 37.9 Å².